The van der Waals surface area contributed by atoms with Gasteiger partial charge in [0.25, 0.3) is 0 Å². The van der Waals surface area contributed by atoms with Crippen LogP contribution in [0, 0.1) is 0 Å². The number of alkyl halides is 2. The van der Waals surface area contributed by atoms with E-state index in [-0.39, 0.29) is 27.9 Å². The maximum atomic E-state index is 14.3. The van der Waals surface area contributed by atoms with Crippen LogP contribution in [0.5, 0.6) is 0 Å². The van der Waals surface area contributed by atoms with Crippen LogP contribution in [0.15, 0.2) is 45.2 Å². The number of hydrogen-bond donors (Lipinski definition) is 8. The van der Waals surface area contributed by atoms with Crippen molar-refractivity contribution in [2.75, 3.05) is 19.6 Å². The zero-order valence-electron chi connectivity index (χ0n) is 18.5. The molecule has 35 heavy (non-hydrogen) atoms. The first-order valence-electron chi connectivity index (χ1n) is 10.6. The number of halogens is 2. The Labute approximate surface area is 206 Å². The number of aromatic nitrogens is 2. The van der Waals surface area contributed by atoms with Crippen molar-refractivity contribution in [2.45, 2.75) is 28.2 Å². The number of H-pyrrole nitrogens is 1. The molecule has 2 heterocycles. The molecule has 11 nitrogen and oxygen atoms in total. The summed E-state index contributed by atoms with van der Waals surface area (Å²) in [5, 5.41) is 13.0. The molecule has 0 saturated carbocycles. The molecule has 3 aromatic rings. The minimum Gasteiger partial charge on any atom is -0.382 e. The van der Waals surface area contributed by atoms with E-state index in [0.29, 0.717) is 21.5 Å². The first kappa shape index (κ1) is 25.4. The highest BCUT2D eigenvalue weighted by molar-refractivity contribution is 7.98. The number of aromatic amines is 1. The molecule has 2 unspecified atom stereocenters. The number of nitrogens with zero attached hydrogens (tertiary/aromatic N) is 2. The van der Waals surface area contributed by atoms with Crippen molar-refractivity contribution in [3.63, 3.8) is 0 Å². The summed E-state index contributed by atoms with van der Waals surface area (Å²) >= 11 is 1.28. The lowest BCUT2D eigenvalue weighted by atomic mass is 9.97. The second-order valence-electron chi connectivity index (χ2n) is 7.84. The molecule has 0 aliphatic carbocycles. The van der Waals surface area contributed by atoms with E-state index in [1.54, 1.807) is 30.3 Å². The quantitative estimate of drug-likeness (QED) is 0.0638. The molecule has 1 aliphatic rings. The number of hydrazine groups is 1. The minimum atomic E-state index is -3.34. The third-order valence-electron chi connectivity index (χ3n) is 5.57. The van der Waals surface area contributed by atoms with Crippen LogP contribution in [0.4, 0.5) is 8.78 Å². The topological polar surface area (TPSA) is 198 Å². The fraction of sp³-hybridized carbons (Fsp3) is 0.300. The number of hydrogen-bond acceptors (Lipinski definition) is 9. The van der Waals surface area contributed by atoms with Gasteiger partial charge in [0.15, 0.2) is 11.7 Å². The molecule has 0 radical (unpaired) electrons. The van der Waals surface area contributed by atoms with Crippen LogP contribution < -0.4 is 38.0 Å². The van der Waals surface area contributed by atoms with Gasteiger partial charge in [0.1, 0.15) is 11.0 Å². The van der Waals surface area contributed by atoms with Crippen molar-refractivity contribution in [1.82, 2.24) is 25.5 Å². The van der Waals surface area contributed by atoms with Crippen LogP contribution in [-0.2, 0) is 16.9 Å². The highest BCUT2D eigenvalue weighted by Gasteiger charge is 2.34. The van der Waals surface area contributed by atoms with Crippen LogP contribution in [0.25, 0.3) is 22.2 Å². The number of hydrazone groups is 1. The summed E-state index contributed by atoms with van der Waals surface area (Å²) in [4.78, 5) is 7.56. The normalized spacial score (nSPS) is 17.7. The fourth-order valence-corrected chi connectivity index (χ4v) is 5.75. The smallest absolute Gasteiger partial charge is 0.316 e. The molecule has 0 spiro atoms. The number of amidine groups is 1. The predicted octanol–water partition coefficient (Wildman–Crippen LogP) is 0.304. The van der Waals surface area contributed by atoms with Gasteiger partial charge in [-0.2, -0.15) is 8.78 Å². The number of nitrogens with two attached hydrogens (primary N) is 4. The number of nitrogens with one attached hydrogen (secondary N) is 4. The highest BCUT2D eigenvalue weighted by atomic mass is 32.2. The second kappa shape index (κ2) is 10.5. The lowest BCUT2D eigenvalue weighted by Gasteiger charge is -2.18. The first-order valence-corrected chi connectivity index (χ1v) is 12.6. The lowest BCUT2D eigenvalue weighted by molar-refractivity contribution is -0.00235. The number of imidazole rings is 1. The van der Waals surface area contributed by atoms with E-state index in [9.17, 15) is 13.0 Å². The van der Waals surface area contributed by atoms with Crippen molar-refractivity contribution >= 4 is 39.8 Å². The van der Waals surface area contributed by atoms with Gasteiger partial charge in [-0.05, 0) is 42.6 Å². The Morgan fingerprint density at radius 2 is 2.11 bits per heavy atom. The molecule has 1 aliphatic heterocycles. The molecule has 12 N–H and O–H groups in total. The summed E-state index contributed by atoms with van der Waals surface area (Å²) in [6.45, 7) is 0.802. The van der Waals surface area contributed by atoms with Gasteiger partial charge < -0.3 is 21.8 Å². The van der Waals surface area contributed by atoms with Crippen molar-refractivity contribution in [1.29, 1.82) is 0 Å². The zero-order valence-corrected chi connectivity index (χ0v) is 20.1. The van der Waals surface area contributed by atoms with E-state index in [4.69, 9.17) is 22.4 Å². The van der Waals surface area contributed by atoms with Gasteiger partial charge >= 0.3 is 5.92 Å². The third kappa shape index (κ3) is 5.16. The van der Waals surface area contributed by atoms with E-state index < -0.39 is 29.3 Å². The fourth-order valence-electron chi connectivity index (χ4n) is 3.87. The Morgan fingerprint density at radius 3 is 2.77 bits per heavy atom. The Balaban J connectivity index is 1.90. The summed E-state index contributed by atoms with van der Waals surface area (Å²) in [6, 6.07) is 8.67. The highest BCUT2D eigenvalue weighted by Crippen LogP contribution is 2.37. The van der Waals surface area contributed by atoms with E-state index in [2.05, 4.69) is 30.6 Å². The molecule has 0 amide bonds. The predicted molar refractivity (Wildman–Crippen MR) is 133 cm³/mol. The molecule has 15 heteroatoms. The van der Waals surface area contributed by atoms with Crippen molar-refractivity contribution in [2.24, 2.45) is 27.6 Å². The Hall–Kier alpha value is -2.66. The maximum absolute atomic E-state index is 14.3. The van der Waals surface area contributed by atoms with Gasteiger partial charge in [-0.1, -0.05) is 18.2 Å². The average Bonchev–Trinajstić information content (AvgIpc) is 3.52. The van der Waals surface area contributed by atoms with Gasteiger partial charge in [0, 0.05) is 28.6 Å². The molecule has 1 aromatic heterocycles. The van der Waals surface area contributed by atoms with Crippen LogP contribution in [0.3, 0.4) is 0 Å². The first-order chi connectivity index (χ1) is 16.8. The van der Waals surface area contributed by atoms with Gasteiger partial charge in [-0.3, -0.25) is 4.72 Å². The van der Waals surface area contributed by atoms with Gasteiger partial charge in [0.05, 0.1) is 22.5 Å². The third-order valence-corrected chi connectivity index (χ3v) is 7.53. The lowest BCUT2D eigenvalue weighted by Crippen LogP contribution is -2.27. The van der Waals surface area contributed by atoms with Crippen LogP contribution in [0.2, 0.25) is 0 Å². The van der Waals surface area contributed by atoms with Crippen molar-refractivity contribution < 1.29 is 13.0 Å². The van der Waals surface area contributed by atoms with E-state index in [1.165, 1.54) is 11.9 Å². The molecule has 2 aromatic carbocycles. The van der Waals surface area contributed by atoms with Crippen LogP contribution in [0.1, 0.15) is 17.8 Å². The summed E-state index contributed by atoms with van der Waals surface area (Å²) in [5.74, 6) is 1.38. The number of rotatable bonds is 9. The SMILES string of the molecule is NCC(F)(F)c1nc2c(-c3ccc(SNC4CCNC4)c(S(N)=O)c3/C(N)=N/NN)cccc2[nH]1. The van der Waals surface area contributed by atoms with Gasteiger partial charge in [0.2, 0.25) is 0 Å². The second-order valence-corrected chi connectivity index (χ2v) is 9.73. The molecular weight excluding hydrogens is 498 g/mol. The summed E-state index contributed by atoms with van der Waals surface area (Å²) in [5.41, 5.74) is 15.4. The van der Waals surface area contributed by atoms with Crippen LogP contribution in [-0.4, -0.2) is 45.7 Å². The summed E-state index contributed by atoms with van der Waals surface area (Å²) in [6.07, 6.45) is 0.941. The Bertz CT molecular complexity index is 1280. The molecule has 2 atom stereocenters. The van der Waals surface area contributed by atoms with Gasteiger partial charge in [-0.15, -0.1) is 5.10 Å². The standard InChI is InChI=1S/C20H26F2N10OS2/c21-20(22,9-23)19-28-13-3-1-2-12(16(13)29-19)11-4-5-14(34-31-10-6-7-27-8-10)17(35(26)33)15(11)18(24)30-32-25/h1-5,10,27,31-32H,6-9,23,25-26H2,(H2,24,30)(H,28,29). The van der Waals surface area contributed by atoms with E-state index in [1.807, 2.05) is 0 Å². The Kier molecular flexibility index (Phi) is 7.65. The van der Waals surface area contributed by atoms with Crippen molar-refractivity contribution in [3.8, 4) is 11.1 Å². The molecule has 4 rings (SSSR count). The number of para-hydroxylation sites is 1. The minimum absolute atomic E-state index is 0.0821. The van der Waals surface area contributed by atoms with Crippen molar-refractivity contribution in [3.05, 3.63) is 41.7 Å². The zero-order chi connectivity index (χ0) is 25.2. The molecule has 0 bridgehead atoms. The molecule has 188 valence electrons. The number of benzene rings is 2. The maximum Gasteiger partial charge on any atom is 0.316 e. The molecule has 1 fully saturated rings. The molecule has 1 saturated heterocycles. The van der Waals surface area contributed by atoms with Crippen LogP contribution >= 0.6 is 11.9 Å². The van der Waals surface area contributed by atoms with Gasteiger partial charge in [-0.25, -0.2) is 25.7 Å². The summed E-state index contributed by atoms with van der Waals surface area (Å²) < 4.78 is 44.6. The number of fused-ring (bicyclic) bond motifs is 1. The van der Waals surface area contributed by atoms with E-state index >= 15 is 0 Å². The summed E-state index contributed by atoms with van der Waals surface area (Å²) in [7, 11) is -1.98. The Morgan fingerprint density at radius 1 is 1.31 bits per heavy atom. The average molecular weight is 525 g/mol. The monoisotopic (exact) mass is 524 g/mol. The van der Waals surface area contributed by atoms with E-state index in [0.717, 1.165) is 19.5 Å². The largest absolute Gasteiger partial charge is 0.382 e. The molecular formula is C20H26F2N10OS2.